The number of amides is 3. The van der Waals surface area contributed by atoms with Crippen LogP contribution in [0, 0.1) is 5.92 Å². The highest BCUT2D eigenvalue weighted by atomic mass is 35.5. The molecule has 0 spiro atoms. The standard InChI is InChI=1S/C19H28N4O3.ClH/c1-26-17-9-8-15(11-16(17)20)21-18(24)13-5-4-10-23(12-13)19(25)22-14-6-2-3-7-14;/h8-9,11,13-14H,2-7,10,12,20H2,1H3,(H,21,24)(H,22,25);1H. The Bertz CT molecular complexity index is 664. The third kappa shape index (κ3) is 5.42. The van der Waals surface area contributed by atoms with Crippen molar-refractivity contribution in [1.82, 2.24) is 10.2 Å². The number of hydrogen-bond donors (Lipinski definition) is 3. The van der Waals surface area contributed by atoms with E-state index in [2.05, 4.69) is 10.6 Å². The van der Waals surface area contributed by atoms with E-state index in [4.69, 9.17) is 10.5 Å². The zero-order valence-electron chi connectivity index (χ0n) is 15.7. The highest BCUT2D eigenvalue weighted by molar-refractivity contribution is 5.93. The number of methoxy groups -OCH3 is 1. The van der Waals surface area contributed by atoms with Gasteiger partial charge in [0, 0.05) is 24.8 Å². The van der Waals surface area contributed by atoms with Gasteiger partial charge < -0.3 is 26.0 Å². The molecule has 27 heavy (non-hydrogen) atoms. The fraction of sp³-hybridized carbons (Fsp3) is 0.579. The van der Waals surface area contributed by atoms with Crippen molar-refractivity contribution >= 4 is 35.7 Å². The second kappa shape index (κ2) is 9.69. The number of hydrogen-bond acceptors (Lipinski definition) is 4. The van der Waals surface area contributed by atoms with Crippen LogP contribution in [0.3, 0.4) is 0 Å². The second-order valence-electron chi connectivity index (χ2n) is 7.16. The van der Waals surface area contributed by atoms with Crippen molar-refractivity contribution < 1.29 is 14.3 Å². The van der Waals surface area contributed by atoms with Crippen LogP contribution in [0.25, 0.3) is 0 Å². The minimum atomic E-state index is -0.207. The van der Waals surface area contributed by atoms with E-state index in [1.54, 1.807) is 30.2 Å². The van der Waals surface area contributed by atoms with Crippen LogP contribution in [-0.4, -0.2) is 43.1 Å². The van der Waals surface area contributed by atoms with Gasteiger partial charge in [0.1, 0.15) is 5.75 Å². The Morgan fingerprint density at radius 1 is 1.19 bits per heavy atom. The quantitative estimate of drug-likeness (QED) is 0.681. The van der Waals surface area contributed by atoms with Gasteiger partial charge in [0.2, 0.25) is 5.91 Å². The number of ether oxygens (including phenoxy) is 1. The maximum atomic E-state index is 12.6. The number of likely N-dealkylation sites (tertiary alicyclic amines) is 1. The van der Waals surface area contributed by atoms with Crippen LogP contribution in [0.15, 0.2) is 18.2 Å². The predicted molar refractivity (Wildman–Crippen MR) is 108 cm³/mol. The number of carbonyl (C=O) groups is 2. The number of rotatable bonds is 4. The first-order valence-electron chi connectivity index (χ1n) is 9.36. The molecule has 2 aliphatic rings. The van der Waals surface area contributed by atoms with Gasteiger partial charge in [0.15, 0.2) is 0 Å². The molecule has 1 unspecified atom stereocenters. The average molecular weight is 397 g/mol. The van der Waals surface area contributed by atoms with Crippen molar-refractivity contribution in [3.05, 3.63) is 18.2 Å². The van der Waals surface area contributed by atoms with Crippen molar-refractivity contribution in [3.63, 3.8) is 0 Å². The van der Waals surface area contributed by atoms with E-state index in [0.717, 1.165) is 25.7 Å². The number of carbonyl (C=O) groups excluding carboxylic acids is 2. The summed E-state index contributed by atoms with van der Waals surface area (Å²) in [4.78, 5) is 26.8. The molecule has 1 aliphatic carbocycles. The first kappa shape index (κ1) is 21.2. The van der Waals surface area contributed by atoms with Gasteiger partial charge in [-0.1, -0.05) is 12.8 Å². The maximum absolute atomic E-state index is 12.6. The van der Waals surface area contributed by atoms with Gasteiger partial charge in [0.05, 0.1) is 18.7 Å². The lowest BCUT2D eigenvalue weighted by Crippen LogP contribution is -2.49. The van der Waals surface area contributed by atoms with Crippen LogP contribution in [0.1, 0.15) is 38.5 Å². The van der Waals surface area contributed by atoms with Crippen molar-refractivity contribution in [2.24, 2.45) is 5.92 Å². The van der Waals surface area contributed by atoms with Crippen molar-refractivity contribution in [1.29, 1.82) is 0 Å². The van der Waals surface area contributed by atoms with E-state index >= 15 is 0 Å². The molecule has 0 bridgehead atoms. The molecule has 1 aromatic carbocycles. The third-order valence-electron chi connectivity index (χ3n) is 5.26. The molecule has 3 rings (SSSR count). The van der Waals surface area contributed by atoms with E-state index in [0.29, 0.717) is 36.3 Å². The number of nitrogens with one attached hydrogen (secondary N) is 2. The Morgan fingerprint density at radius 2 is 1.93 bits per heavy atom. The van der Waals surface area contributed by atoms with Crippen LogP contribution in [0.2, 0.25) is 0 Å². The first-order valence-corrected chi connectivity index (χ1v) is 9.36. The van der Waals surface area contributed by atoms with Crippen molar-refractivity contribution in [3.8, 4) is 5.75 Å². The number of piperidine rings is 1. The fourth-order valence-electron chi connectivity index (χ4n) is 3.77. The minimum Gasteiger partial charge on any atom is -0.495 e. The summed E-state index contributed by atoms with van der Waals surface area (Å²) in [6.07, 6.45) is 6.10. The number of halogens is 1. The number of benzene rings is 1. The van der Waals surface area contributed by atoms with Gasteiger partial charge in [-0.2, -0.15) is 0 Å². The van der Waals surface area contributed by atoms with Gasteiger partial charge >= 0.3 is 6.03 Å². The first-order chi connectivity index (χ1) is 12.6. The van der Waals surface area contributed by atoms with Gasteiger partial charge in [-0.25, -0.2) is 4.79 Å². The Balaban J connectivity index is 0.00000261. The summed E-state index contributed by atoms with van der Waals surface area (Å²) in [5.41, 5.74) is 7.01. The zero-order valence-corrected chi connectivity index (χ0v) is 16.5. The van der Waals surface area contributed by atoms with E-state index in [9.17, 15) is 9.59 Å². The number of nitrogens with two attached hydrogens (primary N) is 1. The van der Waals surface area contributed by atoms with E-state index in [1.807, 2.05) is 0 Å². The Morgan fingerprint density at radius 3 is 2.59 bits per heavy atom. The molecule has 1 heterocycles. The lowest BCUT2D eigenvalue weighted by atomic mass is 9.97. The van der Waals surface area contributed by atoms with Gasteiger partial charge in [0.25, 0.3) is 0 Å². The van der Waals surface area contributed by atoms with Crippen LogP contribution < -0.4 is 21.1 Å². The molecule has 1 atom stereocenters. The van der Waals surface area contributed by atoms with Gasteiger partial charge in [-0.3, -0.25) is 4.79 Å². The number of nitrogen functional groups attached to an aromatic ring is 1. The molecule has 1 aromatic rings. The summed E-state index contributed by atoms with van der Waals surface area (Å²) in [7, 11) is 1.55. The summed E-state index contributed by atoms with van der Waals surface area (Å²) in [5.74, 6) is 0.296. The molecule has 4 N–H and O–H groups in total. The van der Waals surface area contributed by atoms with Crippen molar-refractivity contribution in [2.45, 2.75) is 44.6 Å². The highest BCUT2D eigenvalue weighted by Gasteiger charge is 2.29. The largest absolute Gasteiger partial charge is 0.495 e. The molecule has 7 nitrogen and oxygen atoms in total. The molecule has 1 aliphatic heterocycles. The van der Waals surface area contributed by atoms with Crippen molar-refractivity contribution in [2.75, 3.05) is 31.2 Å². The molecule has 1 saturated carbocycles. The highest BCUT2D eigenvalue weighted by Crippen LogP contribution is 2.26. The Labute approximate surface area is 166 Å². The lowest BCUT2D eigenvalue weighted by molar-refractivity contribution is -0.121. The summed E-state index contributed by atoms with van der Waals surface area (Å²) < 4.78 is 5.13. The number of nitrogens with zero attached hydrogens (tertiary/aromatic N) is 1. The van der Waals surface area contributed by atoms with E-state index < -0.39 is 0 Å². The average Bonchev–Trinajstić information content (AvgIpc) is 3.15. The molecular formula is C19H29ClN4O3. The Kier molecular flexibility index (Phi) is 7.59. The molecule has 0 aromatic heterocycles. The molecule has 8 heteroatoms. The third-order valence-corrected chi connectivity index (χ3v) is 5.26. The molecular weight excluding hydrogens is 368 g/mol. The number of urea groups is 1. The lowest BCUT2D eigenvalue weighted by Gasteiger charge is -2.33. The minimum absolute atomic E-state index is 0. The van der Waals surface area contributed by atoms with Crippen LogP contribution in [-0.2, 0) is 4.79 Å². The fourth-order valence-corrected chi connectivity index (χ4v) is 3.77. The smallest absolute Gasteiger partial charge is 0.317 e. The van der Waals surface area contributed by atoms with Crippen LogP contribution in [0.4, 0.5) is 16.2 Å². The summed E-state index contributed by atoms with van der Waals surface area (Å²) in [6.45, 7) is 1.16. The maximum Gasteiger partial charge on any atom is 0.317 e. The topological polar surface area (TPSA) is 96.7 Å². The van der Waals surface area contributed by atoms with E-state index in [1.165, 1.54) is 12.8 Å². The monoisotopic (exact) mass is 396 g/mol. The molecule has 0 radical (unpaired) electrons. The predicted octanol–water partition coefficient (Wildman–Crippen LogP) is 3.00. The summed E-state index contributed by atoms with van der Waals surface area (Å²) >= 11 is 0. The Hall–Kier alpha value is -2.15. The van der Waals surface area contributed by atoms with Gasteiger partial charge in [-0.05, 0) is 43.9 Å². The van der Waals surface area contributed by atoms with E-state index in [-0.39, 0.29) is 30.3 Å². The molecule has 1 saturated heterocycles. The van der Waals surface area contributed by atoms with Crippen LogP contribution in [0.5, 0.6) is 5.75 Å². The second-order valence-corrected chi connectivity index (χ2v) is 7.16. The molecule has 3 amide bonds. The SMILES string of the molecule is COc1ccc(NC(=O)C2CCCN(C(=O)NC3CCCC3)C2)cc1N.Cl. The van der Waals surface area contributed by atoms with Gasteiger partial charge in [-0.15, -0.1) is 12.4 Å². The summed E-state index contributed by atoms with van der Waals surface area (Å²) in [6, 6.07) is 5.43. The molecule has 150 valence electrons. The number of anilines is 2. The van der Waals surface area contributed by atoms with Crippen LogP contribution >= 0.6 is 12.4 Å². The normalized spacial score (nSPS) is 19.9. The summed E-state index contributed by atoms with van der Waals surface area (Å²) in [5, 5.41) is 6.01. The zero-order chi connectivity index (χ0) is 18.5. The molecule has 2 fully saturated rings.